The van der Waals surface area contributed by atoms with Crippen LogP contribution in [-0.4, -0.2) is 19.6 Å². The van der Waals surface area contributed by atoms with Crippen LogP contribution in [0.1, 0.15) is 38.2 Å². The van der Waals surface area contributed by atoms with E-state index in [1.807, 2.05) is 0 Å². The summed E-state index contributed by atoms with van der Waals surface area (Å²) in [5, 5.41) is 4.20. The lowest BCUT2D eigenvalue weighted by atomic mass is 10.2. The molecule has 3 heteroatoms. The average molecular weight is 267 g/mol. The molecule has 0 atom stereocenters. The fraction of sp³-hybridized carbons (Fsp3) is 0.600. The van der Waals surface area contributed by atoms with Crippen LogP contribution < -0.4 is 10.2 Å². The highest BCUT2D eigenvalue weighted by Gasteiger charge is 2.11. The minimum absolute atomic E-state index is 0.857. The van der Waals surface area contributed by atoms with E-state index in [0.717, 1.165) is 18.1 Å². The minimum atomic E-state index is 0.857. The molecule has 0 unspecified atom stereocenters. The zero-order valence-electron chi connectivity index (χ0n) is 11.2. The van der Waals surface area contributed by atoms with Crippen LogP contribution in [0.15, 0.2) is 18.2 Å². The Morgan fingerprint density at radius 3 is 2.50 bits per heavy atom. The van der Waals surface area contributed by atoms with Crippen LogP contribution in [0, 0.1) is 0 Å². The van der Waals surface area contributed by atoms with Gasteiger partial charge in [-0.25, -0.2) is 0 Å². The van der Waals surface area contributed by atoms with Crippen molar-refractivity contribution in [3.05, 3.63) is 28.8 Å². The van der Waals surface area contributed by atoms with Gasteiger partial charge >= 0.3 is 0 Å². The Kier molecular flexibility index (Phi) is 5.33. The highest BCUT2D eigenvalue weighted by molar-refractivity contribution is 6.31. The third-order valence-electron chi connectivity index (χ3n) is 3.57. The maximum atomic E-state index is 6.36. The van der Waals surface area contributed by atoms with Gasteiger partial charge in [-0.1, -0.05) is 37.4 Å². The zero-order chi connectivity index (χ0) is 12.8. The van der Waals surface area contributed by atoms with E-state index in [1.165, 1.54) is 50.0 Å². The molecule has 0 amide bonds. The van der Waals surface area contributed by atoms with Crippen molar-refractivity contribution in [2.24, 2.45) is 0 Å². The van der Waals surface area contributed by atoms with Crippen molar-refractivity contribution < 1.29 is 0 Å². The number of benzene rings is 1. The largest absolute Gasteiger partial charge is 0.371 e. The van der Waals surface area contributed by atoms with E-state index >= 15 is 0 Å². The van der Waals surface area contributed by atoms with Crippen molar-refractivity contribution in [1.29, 1.82) is 0 Å². The molecule has 0 radical (unpaired) electrons. The second kappa shape index (κ2) is 7.01. The number of nitrogens with zero attached hydrogens (tertiary/aromatic N) is 1. The molecule has 0 aliphatic carbocycles. The molecule has 18 heavy (non-hydrogen) atoms. The third kappa shape index (κ3) is 3.63. The number of hydrogen-bond donors (Lipinski definition) is 1. The van der Waals surface area contributed by atoms with Gasteiger partial charge in [0, 0.05) is 30.3 Å². The topological polar surface area (TPSA) is 15.3 Å². The predicted octanol–water partition coefficient (Wildman–Crippen LogP) is 3.83. The molecule has 1 aliphatic heterocycles. The van der Waals surface area contributed by atoms with E-state index in [1.54, 1.807) is 0 Å². The van der Waals surface area contributed by atoms with E-state index in [0.29, 0.717) is 0 Å². The smallest absolute Gasteiger partial charge is 0.0471 e. The zero-order valence-corrected chi connectivity index (χ0v) is 12.0. The van der Waals surface area contributed by atoms with Crippen LogP contribution in [0.3, 0.4) is 0 Å². The van der Waals surface area contributed by atoms with E-state index in [4.69, 9.17) is 11.6 Å². The third-order valence-corrected chi connectivity index (χ3v) is 3.93. The van der Waals surface area contributed by atoms with Crippen LogP contribution in [-0.2, 0) is 6.54 Å². The molecule has 1 aromatic rings. The standard InChI is InChI=1S/C15H23ClN2/c1-2-17-12-13-7-8-14(11-15(13)16)18-9-5-3-4-6-10-18/h7-8,11,17H,2-6,9-10,12H2,1H3. The average Bonchev–Trinajstić information content (AvgIpc) is 2.66. The number of hydrogen-bond acceptors (Lipinski definition) is 2. The summed E-state index contributed by atoms with van der Waals surface area (Å²) in [6.45, 7) is 6.28. The minimum Gasteiger partial charge on any atom is -0.371 e. The first kappa shape index (κ1) is 13.7. The SMILES string of the molecule is CCNCc1ccc(N2CCCCCC2)cc1Cl. The Morgan fingerprint density at radius 2 is 1.89 bits per heavy atom. The fourth-order valence-electron chi connectivity index (χ4n) is 2.46. The lowest BCUT2D eigenvalue weighted by Gasteiger charge is -2.23. The normalized spacial score (nSPS) is 16.7. The number of anilines is 1. The molecular formula is C15H23ClN2. The van der Waals surface area contributed by atoms with E-state index in [-0.39, 0.29) is 0 Å². The second-order valence-electron chi connectivity index (χ2n) is 4.96. The maximum Gasteiger partial charge on any atom is 0.0471 e. The summed E-state index contributed by atoms with van der Waals surface area (Å²) in [6.07, 6.45) is 5.33. The molecule has 2 rings (SSSR count). The van der Waals surface area contributed by atoms with Crippen molar-refractivity contribution >= 4 is 17.3 Å². The fourth-order valence-corrected chi connectivity index (χ4v) is 2.71. The monoisotopic (exact) mass is 266 g/mol. The van der Waals surface area contributed by atoms with Gasteiger partial charge in [0.25, 0.3) is 0 Å². The summed E-state index contributed by atoms with van der Waals surface area (Å²) in [4.78, 5) is 2.47. The number of halogens is 1. The Hall–Kier alpha value is -0.730. The Bertz CT molecular complexity index is 371. The molecule has 1 fully saturated rings. The van der Waals surface area contributed by atoms with Gasteiger partial charge < -0.3 is 10.2 Å². The van der Waals surface area contributed by atoms with Gasteiger partial charge in [0.05, 0.1) is 0 Å². The van der Waals surface area contributed by atoms with Gasteiger partial charge in [0.1, 0.15) is 0 Å². The highest BCUT2D eigenvalue weighted by Crippen LogP contribution is 2.25. The highest BCUT2D eigenvalue weighted by atomic mass is 35.5. The quantitative estimate of drug-likeness (QED) is 0.891. The van der Waals surface area contributed by atoms with Crippen LogP contribution in [0.25, 0.3) is 0 Å². The van der Waals surface area contributed by atoms with Crippen molar-refractivity contribution in [3.8, 4) is 0 Å². The van der Waals surface area contributed by atoms with Gasteiger partial charge in [-0.3, -0.25) is 0 Å². The molecule has 0 spiro atoms. The summed E-state index contributed by atoms with van der Waals surface area (Å²) < 4.78 is 0. The molecule has 1 saturated heterocycles. The van der Waals surface area contributed by atoms with Crippen molar-refractivity contribution in [2.75, 3.05) is 24.5 Å². The summed E-state index contributed by atoms with van der Waals surface area (Å²) in [6, 6.07) is 6.49. The first-order valence-electron chi connectivity index (χ1n) is 7.05. The van der Waals surface area contributed by atoms with E-state index in [2.05, 4.69) is 35.3 Å². The maximum absolute atomic E-state index is 6.36. The molecule has 1 aliphatic rings. The Labute approximate surface area is 115 Å². The van der Waals surface area contributed by atoms with E-state index in [9.17, 15) is 0 Å². The first-order chi connectivity index (χ1) is 8.81. The molecule has 2 nitrogen and oxygen atoms in total. The van der Waals surface area contributed by atoms with Crippen molar-refractivity contribution in [2.45, 2.75) is 39.2 Å². The molecule has 1 aromatic carbocycles. The second-order valence-corrected chi connectivity index (χ2v) is 5.36. The van der Waals surface area contributed by atoms with Gasteiger partial charge in [0.2, 0.25) is 0 Å². The Balaban J connectivity index is 2.06. The van der Waals surface area contributed by atoms with Gasteiger partial charge in [0.15, 0.2) is 0 Å². The van der Waals surface area contributed by atoms with E-state index < -0.39 is 0 Å². The van der Waals surface area contributed by atoms with Gasteiger partial charge in [-0.2, -0.15) is 0 Å². The molecule has 1 N–H and O–H groups in total. The molecular weight excluding hydrogens is 244 g/mol. The van der Waals surface area contributed by atoms with Crippen LogP contribution in [0.5, 0.6) is 0 Å². The number of nitrogens with one attached hydrogen (secondary N) is 1. The van der Waals surface area contributed by atoms with Gasteiger partial charge in [-0.05, 0) is 37.1 Å². The van der Waals surface area contributed by atoms with Gasteiger partial charge in [-0.15, -0.1) is 0 Å². The molecule has 0 saturated carbocycles. The summed E-state index contributed by atoms with van der Waals surface area (Å²) in [5.74, 6) is 0. The Morgan fingerprint density at radius 1 is 1.17 bits per heavy atom. The van der Waals surface area contributed by atoms with Crippen LogP contribution in [0.2, 0.25) is 5.02 Å². The summed E-state index contributed by atoms with van der Waals surface area (Å²) >= 11 is 6.36. The molecule has 100 valence electrons. The molecule has 1 heterocycles. The first-order valence-corrected chi connectivity index (χ1v) is 7.43. The summed E-state index contributed by atoms with van der Waals surface area (Å²) in [7, 11) is 0. The van der Waals surface area contributed by atoms with Crippen molar-refractivity contribution in [3.63, 3.8) is 0 Å². The van der Waals surface area contributed by atoms with Crippen LogP contribution in [0.4, 0.5) is 5.69 Å². The lowest BCUT2D eigenvalue weighted by molar-refractivity contribution is 0.726. The van der Waals surface area contributed by atoms with Crippen LogP contribution >= 0.6 is 11.6 Å². The lowest BCUT2D eigenvalue weighted by Crippen LogP contribution is -2.23. The molecule has 0 aromatic heterocycles. The summed E-state index contributed by atoms with van der Waals surface area (Å²) in [5.41, 5.74) is 2.47. The van der Waals surface area contributed by atoms with Crippen molar-refractivity contribution in [1.82, 2.24) is 5.32 Å². The molecule has 0 bridgehead atoms. The predicted molar refractivity (Wildman–Crippen MR) is 79.5 cm³/mol. The number of rotatable bonds is 4.